The molecule has 2 aliphatic rings. The van der Waals surface area contributed by atoms with Gasteiger partial charge in [-0.3, -0.25) is 0 Å². The molecule has 8 nitrogen and oxygen atoms in total. The van der Waals surface area contributed by atoms with E-state index in [2.05, 4.69) is 0 Å². The highest BCUT2D eigenvalue weighted by Gasteiger charge is 2.29. The quantitative estimate of drug-likeness (QED) is 0.388. The van der Waals surface area contributed by atoms with Crippen molar-refractivity contribution in [3.8, 4) is 11.5 Å². The molecular weight excluding hydrogens is 424 g/mol. The molecule has 0 radical (unpaired) electrons. The smallest absolute Gasteiger partial charge is 0.342 e. The maximum absolute atomic E-state index is 12.9. The number of hydrogen-bond donors (Lipinski definition) is 3. The normalized spacial score (nSPS) is 18.5. The van der Waals surface area contributed by atoms with Gasteiger partial charge in [-0.2, -0.15) is 0 Å². The third-order valence-corrected chi connectivity index (χ3v) is 6.15. The van der Waals surface area contributed by atoms with Crippen molar-refractivity contribution in [2.45, 2.75) is 51.1 Å². The zero-order chi connectivity index (χ0) is 23.5. The number of fused-ring (bicyclic) bond motifs is 2. The Labute approximate surface area is 192 Å². The molecule has 176 valence electrons. The highest BCUT2D eigenvalue weighted by molar-refractivity contribution is 5.95. The first-order valence-corrected chi connectivity index (χ1v) is 11.4. The van der Waals surface area contributed by atoms with E-state index in [0.29, 0.717) is 56.0 Å². The number of hydrogen-bond acceptors (Lipinski definition) is 7. The van der Waals surface area contributed by atoms with E-state index in [1.807, 2.05) is 19.1 Å². The zero-order valence-corrected chi connectivity index (χ0v) is 18.8. The van der Waals surface area contributed by atoms with Crippen molar-refractivity contribution >= 4 is 11.9 Å². The molecule has 0 saturated heterocycles. The van der Waals surface area contributed by atoms with Crippen LogP contribution < -0.4 is 20.9 Å². The van der Waals surface area contributed by atoms with Gasteiger partial charge >= 0.3 is 11.9 Å². The van der Waals surface area contributed by atoms with E-state index in [-0.39, 0.29) is 24.3 Å². The third-order valence-electron chi connectivity index (χ3n) is 6.15. The van der Waals surface area contributed by atoms with Gasteiger partial charge in [0.05, 0.1) is 25.4 Å². The second-order valence-electron chi connectivity index (χ2n) is 8.56. The van der Waals surface area contributed by atoms with E-state index in [1.54, 1.807) is 12.1 Å². The van der Waals surface area contributed by atoms with E-state index in [4.69, 9.17) is 25.7 Å². The molecule has 2 atom stereocenters. The fourth-order valence-corrected chi connectivity index (χ4v) is 4.75. The molecule has 8 heteroatoms. The maximum Gasteiger partial charge on any atom is 0.342 e. The largest absolute Gasteiger partial charge is 0.493 e. The van der Waals surface area contributed by atoms with Crippen LogP contribution in [-0.4, -0.2) is 48.9 Å². The van der Waals surface area contributed by atoms with Crippen LogP contribution in [0.3, 0.4) is 0 Å². The number of carboxylic acid groups (broad SMARTS) is 1. The van der Waals surface area contributed by atoms with Crippen LogP contribution in [0.15, 0.2) is 24.3 Å². The molecule has 2 unspecified atom stereocenters. The number of carboxylic acids is 1. The first kappa shape index (κ1) is 23.1. The molecule has 0 aliphatic heterocycles. The van der Waals surface area contributed by atoms with Crippen molar-refractivity contribution < 1.29 is 28.9 Å². The van der Waals surface area contributed by atoms with Crippen LogP contribution >= 0.6 is 0 Å². The van der Waals surface area contributed by atoms with Gasteiger partial charge in [-0.1, -0.05) is 6.07 Å². The highest BCUT2D eigenvalue weighted by atomic mass is 16.5. The molecule has 0 aromatic heterocycles. The summed E-state index contributed by atoms with van der Waals surface area (Å²) in [5.41, 5.74) is 16.5. The minimum absolute atomic E-state index is 0.000751. The first-order valence-electron chi connectivity index (χ1n) is 11.4. The Bertz CT molecular complexity index is 1070. The second kappa shape index (κ2) is 9.80. The van der Waals surface area contributed by atoms with Crippen molar-refractivity contribution in [3.63, 3.8) is 0 Å². The molecule has 2 aromatic rings. The summed E-state index contributed by atoms with van der Waals surface area (Å²) >= 11 is 0. The Morgan fingerprint density at radius 2 is 1.61 bits per heavy atom. The molecule has 0 heterocycles. The Morgan fingerprint density at radius 1 is 0.909 bits per heavy atom. The summed E-state index contributed by atoms with van der Waals surface area (Å²) in [6, 6.07) is 6.91. The zero-order valence-electron chi connectivity index (χ0n) is 18.8. The highest BCUT2D eigenvalue weighted by Crippen LogP contribution is 2.34. The van der Waals surface area contributed by atoms with Crippen LogP contribution in [0.1, 0.15) is 56.3 Å². The third kappa shape index (κ3) is 4.82. The van der Waals surface area contributed by atoms with Gasteiger partial charge in [0.25, 0.3) is 0 Å². The molecule has 0 saturated carbocycles. The number of ether oxygens (including phenoxy) is 3. The Balaban J connectivity index is 1.36. The fraction of sp³-hybridized carbons (Fsp3) is 0.440. The Hall–Kier alpha value is -3.10. The van der Waals surface area contributed by atoms with Crippen molar-refractivity contribution in [1.82, 2.24) is 0 Å². The number of rotatable bonds is 9. The molecule has 0 amide bonds. The van der Waals surface area contributed by atoms with E-state index in [1.165, 1.54) is 0 Å². The summed E-state index contributed by atoms with van der Waals surface area (Å²) in [6.07, 6.45) is 2.97. The number of nitrogens with two attached hydrogens (primary N) is 2. The molecule has 0 bridgehead atoms. The van der Waals surface area contributed by atoms with Crippen molar-refractivity contribution in [1.29, 1.82) is 0 Å². The van der Waals surface area contributed by atoms with Gasteiger partial charge in [0.2, 0.25) is 0 Å². The summed E-state index contributed by atoms with van der Waals surface area (Å²) in [6.45, 7) is 2.85. The van der Waals surface area contributed by atoms with E-state index < -0.39 is 11.9 Å². The Morgan fingerprint density at radius 3 is 2.36 bits per heavy atom. The van der Waals surface area contributed by atoms with Gasteiger partial charge in [-0.15, -0.1) is 0 Å². The number of carbonyl (C=O) groups is 2. The van der Waals surface area contributed by atoms with E-state index in [0.717, 1.165) is 28.7 Å². The summed E-state index contributed by atoms with van der Waals surface area (Å²) in [7, 11) is 0. The summed E-state index contributed by atoms with van der Waals surface area (Å²) in [4.78, 5) is 24.3. The van der Waals surface area contributed by atoms with Gasteiger partial charge in [0.15, 0.2) is 0 Å². The minimum atomic E-state index is -0.960. The Kier molecular flexibility index (Phi) is 6.85. The average Bonchev–Trinajstić information content (AvgIpc) is 3.34. The van der Waals surface area contributed by atoms with Crippen molar-refractivity contribution in [2.24, 2.45) is 11.5 Å². The molecule has 0 fully saturated rings. The van der Waals surface area contributed by atoms with Crippen molar-refractivity contribution in [2.75, 3.05) is 19.8 Å². The summed E-state index contributed by atoms with van der Waals surface area (Å²) in [5, 5.41) is 9.40. The van der Waals surface area contributed by atoms with E-state index >= 15 is 0 Å². The van der Waals surface area contributed by atoms with Gasteiger partial charge in [0, 0.05) is 18.5 Å². The molecule has 2 aliphatic carbocycles. The van der Waals surface area contributed by atoms with Crippen molar-refractivity contribution in [3.05, 3.63) is 57.6 Å². The number of benzene rings is 2. The molecule has 33 heavy (non-hydrogen) atoms. The number of aromatic carboxylic acids is 1. The van der Waals surface area contributed by atoms with Crippen LogP contribution in [0.25, 0.3) is 0 Å². The van der Waals surface area contributed by atoms with Crippen LogP contribution in [0.2, 0.25) is 0 Å². The molecule has 2 aromatic carbocycles. The molecule has 5 N–H and O–H groups in total. The molecule has 4 rings (SSSR count). The fourth-order valence-electron chi connectivity index (χ4n) is 4.75. The number of esters is 1. The van der Waals surface area contributed by atoms with Gasteiger partial charge in [-0.05, 0) is 73.1 Å². The van der Waals surface area contributed by atoms with E-state index in [9.17, 15) is 14.7 Å². The maximum atomic E-state index is 12.9. The predicted molar refractivity (Wildman–Crippen MR) is 122 cm³/mol. The predicted octanol–water partition coefficient (Wildman–Crippen LogP) is 2.26. The minimum Gasteiger partial charge on any atom is -0.493 e. The average molecular weight is 455 g/mol. The molecular formula is C25H30N2O6. The topological polar surface area (TPSA) is 134 Å². The summed E-state index contributed by atoms with van der Waals surface area (Å²) in [5.74, 6) is -0.208. The lowest BCUT2D eigenvalue weighted by molar-refractivity contribution is 0.0480. The monoisotopic (exact) mass is 454 g/mol. The lowest BCUT2D eigenvalue weighted by atomic mass is 10.0. The van der Waals surface area contributed by atoms with Gasteiger partial charge in [-0.25, -0.2) is 9.59 Å². The summed E-state index contributed by atoms with van der Waals surface area (Å²) < 4.78 is 17.1. The van der Waals surface area contributed by atoms with Gasteiger partial charge in [0.1, 0.15) is 17.1 Å². The van der Waals surface area contributed by atoms with Crippen LogP contribution in [0.5, 0.6) is 11.5 Å². The lowest BCUT2D eigenvalue weighted by Gasteiger charge is -2.15. The number of carbonyl (C=O) groups excluding carboxylic acids is 1. The van der Waals surface area contributed by atoms with Gasteiger partial charge < -0.3 is 30.8 Å². The SMILES string of the molecule is CCOc1ccc2c(c1C(=O)OCCCOc1ccc(C(=O)O)c3c1CC(N)C3)CC(N)C2. The first-order chi connectivity index (χ1) is 15.9. The lowest BCUT2D eigenvalue weighted by Crippen LogP contribution is -2.20. The van der Waals surface area contributed by atoms with Crippen LogP contribution in [0.4, 0.5) is 0 Å². The molecule has 0 spiro atoms. The standard InChI is InChI=1S/C25H30N2O6/c1-2-31-22-6-4-14-10-15(26)11-18(14)23(22)25(30)33-9-3-8-32-21-7-5-17(24(28)29)19-12-16(27)13-20(19)21/h4-7,15-16H,2-3,8-13,26-27H2,1H3,(H,28,29). The second-order valence-corrected chi connectivity index (χ2v) is 8.56. The van der Waals surface area contributed by atoms with Crippen LogP contribution in [0, 0.1) is 0 Å². The van der Waals surface area contributed by atoms with Crippen LogP contribution in [-0.2, 0) is 30.4 Å².